The Bertz CT molecular complexity index is 2740. The largest absolute Gasteiger partial charge is 0.481 e. The topological polar surface area (TPSA) is 695 Å². The fraction of sp³-hybridized carbons (Fsp3) is 0.640. The maximum atomic E-state index is 14.0. The SMILES string of the molecule is C[C@H](NC(=O)[C@@H](NC(=O)[C@@H]1CCCN1C(=O)[C@H](C)NC(=O)[C@H](CCCN=C(N)N)NC(=O)[C@@H](NC(=O)[C@H](CC(N)=O)NC(=O)[C@@H](NC(=O)[C@H](CC(N)=O)NC(=O)[C@H](CC(=O)O)NC(=O)[C@H](CC(N)=O)NC(=O)[C@H](C)NC(=O)CN)[C@@H](C)O)[C@@H](C)O)[C@@H](C)O)C(=O)O. The van der Waals surface area contributed by atoms with Crippen LogP contribution < -0.4 is 92.9 Å². The van der Waals surface area contributed by atoms with Crippen molar-refractivity contribution in [1.82, 2.24) is 63.4 Å². The molecule has 15 amide bonds. The van der Waals surface area contributed by atoms with Crippen LogP contribution in [0.1, 0.15) is 92.9 Å². The number of guanidine groups is 1. The van der Waals surface area contributed by atoms with Crippen molar-refractivity contribution in [1.29, 1.82) is 0 Å². The van der Waals surface area contributed by atoms with Crippen molar-refractivity contribution in [2.45, 2.75) is 184 Å². The lowest BCUT2D eigenvalue weighted by Crippen LogP contribution is -2.63. The Morgan fingerprint density at radius 3 is 1.24 bits per heavy atom. The van der Waals surface area contributed by atoms with Gasteiger partial charge in [-0.2, -0.15) is 0 Å². The first-order chi connectivity index (χ1) is 42.2. The minimum absolute atomic E-state index is 0.0322. The molecule has 0 bridgehead atoms. The highest BCUT2D eigenvalue weighted by Gasteiger charge is 2.41. The molecule has 41 heteroatoms. The van der Waals surface area contributed by atoms with E-state index in [0.29, 0.717) is 0 Å². The van der Waals surface area contributed by atoms with Gasteiger partial charge in [0, 0.05) is 13.1 Å². The van der Waals surface area contributed by atoms with Crippen molar-refractivity contribution in [3.8, 4) is 0 Å². The summed E-state index contributed by atoms with van der Waals surface area (Å²) >= 11 is 0. The standard InChI is InChI=1S/C50H83N19O22/c1-18(58-33(76)17-51)38(79)62-25(13-30(52)73)40(81)64-28(16-34(77)78)41(82)63-26(14-31(53)74)42(83)67-37(23(6)72)47(88)65-27(15-32(54)75)43(84)66-36(22(5)71)46(87)61-24(9-7-11-57-50(55)56)39(80)59-19(2)48(89)69-12-8-10-29(69)44(85)68-35(21(4)70)45(86)60-20(3)49(90)91/h18-29,35-37,70-72H,7-17,51H2,1-6H3,(H2,52,73)(H2,53,74)(H2,54,75)(H,58,76)(H,59,80)(H,60,86)(H,61,87)(H,62,79)(H,63,82)(H,64,81)(H,65,88)(H,66,84)(H,67,83)(H,68,85)(H,77,78)(H,90,91)(H4,55,56,57)/t18-,19-,20-,21+,22+,23+,24-,25-,26-,27-,28-,29-,35-,36-,37-/m0/s1. The summed E-state index contributed by atoms with van der Waals surface area (Å²) in [6.45, 7) is 5.88. The summed E-state index contributed by atoms with van der Waals surface area (Å²) < 4.78 is 0. The van der Waals surface area contributed by atoms with Gasteiger partial charge < -0.3 is 123 Å². The first-order valence-corrected chi connectivity index (χ1v) is 28.0. The quantitative estimate of drug-likeness (QED) is 0.0154. The lowest BCUT2D eigenvalue weighted by molar-refractivity contribution is -0.144. The maximum absolute atomic E-state index is 14.0. The summed E-state index contributed by atoms with van der Waals surface area (Å²) in [5.74, 6) is -21.8. The van der Waals surface area contributed by atoms with Gasteiger partial charge in [0.25, 0.3) is 0 Å². The molecule has 510 valence electrons. The van der Waals surface area contributed by atoms with Gasteiger partial charge in [-0.25, -0.2) is 0 Å². The van der Waals surface area contributed by atoms with E-state index >= 15 is 0 Å². The van der Waals surface area contributed by atoms with Gasteiger partial charge in [-0.15, -0.1) is 0 Å². The number of hydrogen-bond acceptors (Lipinski definition) is 22. The molecule has 1 aliphatic rings. The predicted molar refractivity (Wildman–Crippen MR) is 308 cm³/mol. The Morgan fingerprint density at radius 1 is 0.462 bits per heavy atom. The van der Waals surface area contributed by atoms with Crippen LogP contribution >= 0.6 is 0 Å². The number of nitrogens with two attached hydrogens (primary N) is 6. The van der Waals surface area contributed by atoms with Crippen molar-refractivity contribution >= 4 is 107 Å². The monoisotopic (exact) mass is 1300 g/mol. The summed E-state index contributed by atoms with van der Waals surface area (Å²) in [7, 11) is 0. The number of nitrogens with one attached hydrogen (secondary N) is 11. The summed E-state index contributed by atoms with van der Waals surface area (Å²) in [4.78, 5) is 225. The molecule has 0 saturated carbocycles. The maximum Gasteiger partial charge on any atom is 0.325 e. The molecule has 0 spiro atoms. The van der Waals surface area contributed by atoms with Crippen molar-refractivity contribution < 1.29 is 107 Å². The number of hydrogen-bond donors (Lipinski definition) is 22. The summed E-state index contributed by atoms with van der Waals surface area (Å²) in [6.07, 6.45) is -9.85. The van der Waals surface area contributed by atoms with Gasteiger partial charge >= 0.3 is 11.9 Å². The fourth-order valence-corrected chi connectivity index (χ4v) is 8.38. The number of primary amides is 3. The Morgan fingerprint density at radius 2 is 0.835 bits per heavy atom. The summed E-state index contributed by atoms with van der Waals surface area (Å²) in [5, 5.41) is 74.0. The third-order valence-corrected chi connectivity index (χ3v) is 13.1. The molecule has 1 heterocycles. The molecule has 41 nitrogen and oxygen atoms in total. The second-order valence-electron chi connectivity index (χ2n) is 21.0. The zero-order valence-corrected chi connectivity index (χ0v) is 50.5. The number of aliphatic carboxylic acids is 2. The Hall–Kier alpha value is -9.90. The minimum atomic E-state index is -2.21. The number of likely N-dealkylation sites (tertiary alicyclic amines) is 1. The number of amides is 15. The molecule has 1 aliphatic heterocycles. The lowest BCUT2D eigenvalue weighted by Gasteiger charge is -2.30. The third-order valence-electron chi connectivity index (χ3n) is 13.1. The predicted octanol–water partition coefficient (Wildman–Crippen LogP) is -13.3. The zero-order chi connectivity index (χ0) is 69.9. The first-order valence-electron chi connectivity index (χ1n) is 28.0. The van der Waals surface area contributed by atoms with Crippen LogP contribution in [0.4, 0.5) is 0 Å². The first kappa shape index (κ1) is 79.1. The minimum Gasteiger partial charge on any atom is -0.481 e. The molecule has 1 saturated heterocycles. The molecule has 15 atom stereocenters. The van der Waals surface area contributed by atoms with Crippen LogP contribution in [0.5, 0.6) is 0 Å². The van der Waals surface area contributed by atoms with Gasteiger partial charge in [0.1, 0.15) is 72.5 Å². The molecule has 0 aromatic heterocycles. The highest BCUT2D eigenvalue weighted by atomic mass is 16.4. The van der Waals surface area contributed by atoms with Gasteiger partial charge in [0.15, 0.2) is 5.96 Å². The second-order valence-corrected chi connectivity index (χ2v) is 21.0. The van der Waals surface area contributed by atoms with E-state index in [1.54, 1.807) is 0 Å². The molecule has 28 N–H and O–H groups in total. The summed E-state index contributed by atoms with van der Waals surface area (Å²) in [5.41, 5.74) is 31.9. The van der Waals surface area contributed by atoms with Gasteiger partial charge in [0.05, 0.1) is 50.5 Å². The molecule has 1 rings (SSSR count). The third kappa shape index (κ3) is 27.6. The number of aliphatic hydroxyl groups excluding tert-OH is 3. The number of carboxylic acids is 2. The van der Waals surface area contributed by atoms with Crippen LogP contribution in [-0.4, -0.2) is 247 Å². The van der Waals surface area contributed by atoms with E-state index in [1.165, 1.54) is 6.92 Å². The van der Waals surface area contributed by atoms with Crippen LogP contribution in [0.15, 0.2) is 4.99 Å². The van der Waals surface area contributed by atoms with Crippen LogP contribution in [0, 0.1) is 0 Å². The smallest absolute Gasteiger partial charge is 0.325 e. The Kier molecular flexibility index (Phi) is 32.9. The van der Waals surface area contributed by atoms with Gasteiger partial charge in [-0.05, 0) is 67.2 Å². The van der Waals surface area contributed by atoms with E-state index in [-0.39, 0.29) is 44.7 Å². The molecular weight excluding hydrogens is 1220 g/mol. The van der Waals surface area contributed by atoms with Crippen LogP contribution in [0.25, 0.3) is 0 Å². The van der Waals surface area contributed by atoms with E-state index in [1.807, 2.05) is 21.3 Å². The normalized spacial score (nSPS) is 17.2. The van der Waals surface area contributed by atoms with Crippen molar-refractivity contribution in [3.63, 3.8) is 0 Å². The summed E-state index contributed by atoms with van der Waals surface area (Å²) in [6, 6.07) is -21.4. The second kappa shape index (κ2) is 37.8. The van der Waals surface area contributed by atoms with E-state index < -0.39 is 224 Å². The zero-order valence-electron chi connectivity index (χ0n) is 50.5. The number of rotatable bonds is 39. The van der Waals surface area contributed by atoms with Crippen LogP contribution in [0.2, 0.25) is 0 Å². The number of nitrogens with zero attached hydrogens (tertiary/aromatic N) is 2. The Balaban J connectivity index is 3.47. The molecule has 0 aliphatic carbocycles. The molecule has 1 fully saturated rings. The highest BCUT2D eigenvalue weighted by Crippen LogP contribution is 2.20. The number of carbonyl (C=O) groups is 17. The average molecular weight is 1300 g/mol. The molecule has 0 unspecified atom stereocenters. The molecular formula is C50H83N19O22. The number of aliphatic imine (C=N–C) groups is 1. The van der Waals surface area contributed by atoms with E-state index in [4.69, 9.17) is 34.4 Å². The van der Waals surface area contributed by atoms with Gasteiger partial charge in [0.2, 0.25) is 88.6 Å². The molecule has 0 radical (unpaired) electrons. The van der Waals surface area contributed by atoms with Gasteiger partial charge in [-0.1, -0.05) is 0 Å². The molecule has 0 aromatic rings. The molecule has 91 heavy (non-hydrogen) atoms. The van der Waals surface area contributed by atoms with Crippen molar-refractivity contribution in [3.05, 3.63) is 0 Å². The number of aliphatic hydroxyl groups is 3. The van der Waals surface area contributed by atoms with Gasteiger partial charge in [-0.3, -0.25) is 86.5 Å². The van der Waals surface area contributed by atoms with E-state index in [9.17, 15) is 107 Å². The fourth-order valence-electron chi connectivity index (χ4n) is 8.38. The highest BCUT2D eigenvalue weighted by molar-refractivity contribution is 6.02. The lowest BCUT2D eigenvalue weighted by atomic mass is 10.1. The van der Waals surface area contributed by atoms with Crippen LogP contribution in [-0.2, 0) is 81.5 Å². The van der Waals surface area contributed by atoms with Crippen molar-refractivity contribution in [2.75, 3.05) is 19.6 Å². The van der Waals surface area contributed by atoms with Crippen molar-refractivity contribution in [2.24, 2.45) is 39.4 Å². The molecule has 0 aromatic carbocycles. The van der Waals surface area contributed by atoms with E-state index in [0.717, 1.165) is 39.5 Å². The number of carboxylic acid groups (broad SMARTS) is 2. The average Bonchev–Trinajstić information content (AvgIpc) is 1.84. The number of carbonyl (C=O) groups excluding carboxylic acids is 15. The van der Waals surface area contributed by atoms with Crippen LogP contribution in [0.3, 0.4) is 0 Å². The Labute approximate surface area is 518 Å². The van der Waals surface area contributed by atoms with E-state index in [2.05, 4.69) is 42.2 Å².